The van der Waals surface area contributed by atoms with Crippen molar-refractivity contribution < 1.29 is 9.21 Å². The average molecular weight is 417 g/mol. The lowest BCUT2D eigenvalue weighted by molar-refractivity contribution is 0.102. The van der Waals surface area contributed by atoms with Crippen LogP contribution in [0, 0.1) is 20.8 Å². The number of anilines is 1. The van der Waals surface area contributed by atoms with E-state index in [9.17, 15) is 4.79 Å². The molecule has 4 nitrogen and oxygen atoms in total. The average Bonchev–Trinajstić information content (AvgIpc) is 3.21. The molecule has 0 spiro atoms. The highest BCUT2D eigenvalue weighted by Gasteiger charge is 2.18. The summed E-state index contributed by atoms with van der Waals surface area (Å²) in [5.74, 6) is 0.803. The van der Waals surface area contributed by atoms with Gasteiger partial charge in [0.15, 0.2) is 5.76 Å². The molecule has 4 aromatic rings. The second kappa shape index (κ2) is 8.17. The minimum Gasteiger partial charge on any atom is -0.436 e. The van der Waals surface area contributed by atoms with Gasteiger partial charge in [-0.15, -0.1) is 0 Å². The first kappa shape index (κ1) is 19.9. The Balaban J connectivity index is 1.67. The molecule has 0 aliphatic heterocycles. The number of nitrogens with zero attached hydrogens (tertiary/aromatic N) is 1. The van der Waals surface area contributed by atoms with E-state index in [1.54, 1.807) is 24.4 Å². The summed E-state index contributed by atoms with van der Waals surface area (Å²) < 4.78 is 5.97. The Bertz CT molecular complexity index is 1200. The van der Waals surface area contributed by atoms with Crippen LogP contribution in [0.5, 0.6) is 0 Å². The molecule has 1 N–H and O–H groups in total. The van der Waals surface area contributed by atoms with Crippen molar-refractivity contribution >= 4 is 23.2 Å². The summed E-state index contributed by atoms with van der Waals surface area (Å²) in [7, 11) is 0. The smallest absolute Gasteiger partial charge is 0.256 e. The number of carbonyl (C=O) groups excluding carboxylic acids is 1. The van der Waals surface area contributed by atoms with Crippen molar-refractivity contribution in [1.82, 2.24) is 4.98 Å². The highest BCUT2D eigenvalue weighted by Crippen LogP contribution is 2.30. The molecule has 1 amide bonds. The Morgan fingerprint density at radius 3 is 2.33 bits per heavy atom. The lowest BCUT2D eigenvalue weighted by Crippen LogP contribution is -2.15. The number of rotatable bonds is 4. The fraction of sp³-hybridized carbons (Fsp3) is 0.120. The van der Waals surface area contributed by atoms with Gasteiger partial charge in [0, 0.05) is 21.8 Å². The van der Waals surface area contributed by atoms with Crippen molar-refractivity contribution in [3.05, 3.63) is 94.1 Å². The van der Waals surface area contributed by atoms with Gasteiger partial charge >= 0.3 is 0 Å². The van der Waals surface area contributed by atoms with Crippen molar-refractivity contribution in [2.75, 3.05) is 5.32 Å². The van der Waals surface area contributed by atoms with E-state index in [1.165, 1.54) is 0 Å². The molecule has 1 aromatic heterocycles. The molecular weight excluding hydrogens is 396 g/mol. The first-order valence-corrected chi connectivity index (χ1v) is 10.0. The van der Waals surface area contributed by atoms with Gasteiger partial charge in [0.2, 0.25) is 5.89 Å². The van der Waals surface area contributed by atoms with Crippen molar-refractivity contribution in [2.24, 2.45) is 0 Å². The summed E-state index contributed by atoms with van der Waals surface area (Å²) in [6.07, 6.45) is 1.65. The molecule has 30 heavy (non-hydrogen) atoms. The van der Waals surface area contributed by atoms with Gasteiger partial charge in [-0.25, -0.2) is 4.98 Å². The Labute approximate surface area is 180 Å². The zero-order valence-electron chi connectivity index (χ0n) is 17.0. The summed E-state index contributed by atoms with van der Waals surface area (Å²) in [4.78, 5) is 17.5. The molecular formula is C25H21ClN2O2. The van der Waals surface area contributed by atoms with Crippen LogP contribution >= 0.6 is 11.6 Å². The van der Waals surface area contributed by atoms with Gasteiger partial charge in [0.05, 0.1) is 11.8 Å². The van der Waals surface area contributed by atoms with Gasteiger partial charge in [0.1, 0.15) is 0 Å². The number of benzene rings is 3. The summed E-state index contributed by atoms with van der Waals surface area (Å²) >= 11 is 5.96. The quantitative estimate of drug-likeness (QED) is 0.396. The fourth-order valence-electron chi connectivity index (χ4n) is 3.57. The van der Waals surface area contributed by atoms with E-state index in [2.05, 4.69) is 22.4 Å². The summed E-state index contributed by atoms with van der Waals surface area (Å²) in [5, 5.41) is 3.71. The third kappa shape index (κ3) is 4.00. The normalized spacial score (nSPS) is 10.8. The molecule has 0 fully saturated rings. The van der Waals surface area contributed by atoms with E-state index < -0.39 is 0 Å². The third-order valence-electron chi connectivity index (χ3n) is 4.95. The third-order valence-corrected chi connectivity index (χ3v) is 5.20. The number of hydrogen-bond acceptors (Lipinski definition) is 3. The van der Waals surface area contributed by atoms with Crippen LogP contribution in [0.1, 0.15) is 27.0 Å². The van der Waals surface area contributed by atoms with Gasteiger partial charge in [-0.2, -0.15) is 0 Å². The van der Waals surface area contributed by atoms with Crippen LogP contribution in [0.15, 0.2) is 71.3 Å². The zero-order chi connectivity index (χ0) is 21.3. The number of oxazole rings is 1. The Kier molecular flexibility index (Phi) is 5.42. The molecule has 0 aliphatic carbocycles. The van der Waals surface area contributed by atoms with E-state index in [-0.39, 0.29) is 5.91 Å². The van der Waals surface area contributed by atoms with Gasteiger partial charge < -0.3 is 9.73 Å². The van der Waals surface area contributed by atoms with Crippen molar-refractivity contribution in [3.63, 3.8) is 0 Å². The highest BCUT2D eigenvalue weighted by atomic mass is 35.5. The standard InChI is InChI=1S/C25H21ClN2O2/c1-15-12-16(2)23(17(3)13-15)28-24(29)20-6-4-5-7-21(20)25-27-14-22(30-25)18-8-10-19(26)11-9-18/h4-14H,1-3H3,(H,28,29). The van der Waals surface area contributed by atoms with E-state index in [0.717, 1.165) is 27.9 Å². The molecule has 3 aromatic carbocycles. The van der Waals surface area contributed by atoms with Crippen LogP contribution in [0.2, 0.25) is 5.02 Å². The maximum absolute atomic E-state index is 13.1. The Morgan fingerprint density at radius 1 is 0.967 bits per heavy atom. The Hall–Kier alpha value is -3.37. The largest absolute Gasteiger partial charge is 0.436 e. The number of amides is 1. The maximum Gasteiger partial charge on any atom is 0.256 e. The summed E-state index contributed by atoms with van der Waals surface area (Å²) in [5.41, 5.74) is 6.05. The minimum atomic E-state index is -0.202. The number of aryl methyl sites for hydroxylation is 3. The van der Waals surface area contributed by atoms with E-state index >= 15 is 0 Å². The molecule has 0 saturated carbocycles. The lowest BCUT2D eigenvalue weighted by atomic mass is 10.0. The minimum absolute atomic E-state index is 0.202. The van der Waals surface area contributed by atoms with E-state index in [4.69, 9.17) is 16.0 Å². The molecule has 0 unspecified atom stereocenters. The first-order valence-electron chi connectivity index (χ1n) is 9.63. The number of nitrogens with one attached hydrogen (secondary N) is 1. The van der Waals surface area contributed by atoms with E-state index in [1.807, 2.05) is 51.1 Å². The van der Waals surface area contributed by atoms with Crippen molar-refractivity contribution in [3.8, 4) is 22.8 Å². The zero-order valence-corrected chi connectivity index (χ0v) is 17.7. The molecule has 150 valence electrons. The molecule has 4 rings (SSSR count). The highest BCUT2D eigenvalue weighted by molar-refractivity contribution is 6.30. The number of aromatic nitrogens is 1. The molecule has 1 heterocycles. The lowest BCUT2D eigenvalue weighted by Gasteiger charge is -2.14. The van der Waals surface area contributed by atoms with Crippen LogP contribution in [-0.2, 0) is 0 Å². The van der Waals surface area contributed by atoms with Crippen molar-refractivity contribution in [1.29, 1.82) is 0 Å². The van der Waals surface area contributed by atoms with Gasteiger partial charge in [-0.1, -0.05) is 41.4 Å². The SMILES string of the molecule is Cc1cc(C)c(NC(=O)c2ccccc2-c2ncc(-c3ccc(Cl)cc3)o2)c(C)c1. The predicted octanol–water partition coefficient (Wildman–Crippen LogP) is 6.84. The summed E-state index contributed by atoms with van der Waals surface area (Å²) in [6, 6.07) is 18.7. The van der Waals surface area contributed by atoms with Crippen LogP contribution in [0.25, 0.3) is 22.8 Å². The van der Waals surface area contributed by atoms with Crippen LogP contribution in [0.3, 0.4) is 0 Å². The van der Waals surface area contributed by atoms with Crippen LogP contribution < -0.4 is 5.32 Å². The maximum atomic E-state index is 13.1. The fourth-order valence-corrected chi connectivity index (χ4v) is 3.70. The summed E-state index contributed by atoms with van der Waals surface area (Å²) in [6.45, 7) is 6.03. The Morgan fingerprint density at radius 2 is 1.63 bits per heavy atom. The number of halogens is 1. The first-order chi connectivity index (χ1) is 14.4. The van der Waals surface area contributed by atoms with Gasteiger partial charge in [-0.3, -0.25) is 4.79 Å². The number of hydrogen-bond donors (Lipinski definition) is 1. The van der Waals surface area contributed by atoms with Crippen LogP contribution in [-0.4, -0.2) is 10.9 Å². The van der Waals surface area contributed by atoms with Gasteiger partial charge in [0.25, 0.3) is 5.91 Å². The second-order valence-electron chi connectivity index (χ2n) is 7.31. The molecule has 0 radical (unpaired) electrons. The molecule has 5 heteroatoms. The topological polar surface area (TPSA) is 55.1 Å². The molecule has 0 bridgehead atoms. The van der Waals surface area contributed by atoms with Crippen molar-refractivity contribution in [2.45, 2.75) is 20.8 Å². The van der Waals surface area contributed by atoms with Crippen LogP contribution in [0.4, 0.5) is 5.69 Å². The predicted molar refractivity (Wildman–Crippen MR) is 121 cm³/mol. The molecule has 0 atom stereocenters. The van der Waals surface area contributed by atoms with Gasteiger partial charge in [-0.05, 0) is 68.3 Å². The molecule has 0 saturated heterocycles. The second-order valence-corrected chi connectivity index (χ2v) is 7.75. The molecule has 0 aliphatic rings. The number of carbonyl (C=O) groups is 1. The van der Waals surface area contributed by atoms with E-state index in [0.29, 0.717) is 27.8 Å². The monoisotopic (exact) mass is 416 g/mol.